The van der Waals surface area contributed by atoms with Crippen LogP contribution < -0.4 is 4.90 Å². The van der Waals surface area contributed by atoms with E-state index in [0.717, 1.165) is 23.2 Å². The van der Waals surface area contributed by atoms with Gasteiger partial charge in [0.25, 0.3) is 5.91 Å². The summed E-state index contributed by atoms with van der Waals surface area (Å²) < 4.78 is 33.8. The Kier molecular flexibility index (Phi) is 5.75. The van der Waals surface area contributed by atoms with Gasteiger partial charge in [-0.2, -0.15) is 0 Å². The number of anilines is 1. The maximum atomic E-state index is 13.8. The van der Waals surface area contributed by atoms with Gasteiger partial charge in [0, 0.05) is 35.1 Å². The molecule has 2 heterocycles. The van der Waals surface area contributed by atoms with Crippen molar-refractivity contribution in [3.05, 3.63) is 77.1 Å². The average Bonchev–Trinajstić information content (AvgIpc) is 3.17. The van der Waals surface area contributed by atoms with Crippen molar-refractivity contribution in [1.82, 2.24) is 4.57 Å². The first kappa shape index (κ1) is 21.0. The molecule has 160 valence electrons. The van der Waals surface area contributed by atoms with Crippen LogP contribution in [0, 0.1) is 11.6 Å². The molecule has 0 amide bonds. The number of aliphatic imine (C=N–C) groups is 1. The number of rotatable bonds is 4. The number of aromatic nitrogens is 1. The molecule has 6 nitrogen and oxygen atoms in total. The number of fused-ring (bicyclic) bond motifs is 1. The summed E-state index contributed by atoms with van der Waals surface area (Å²) in [6.07, 6.45) is 2.90. The van der Waals surface area contributed by atoms with Crippen LogP contribution in [-0.2, 0) is 11.3 Å². The highest BCUT2D eigenvalue weighted by Gasteiger charge is 2.23. The zero-order chi connectivity index (χ0) is 22.1. The molecule has 0 aliphatic carbocycles. The Hall–Kier alpha value is -3.23. The summed E-state index contributed by atoms with van der Waals surface area (Å²) in [6, 6.07) is 10.5. The van der Waals surface area contributed by atoms with Crippen LogP contribution in [0.5, 0.6) is 0 Å². The summed E-state index contributed by atoms with van der Waals surface area (Å²) in [4.78, 5) is 18.1. The number of halogens is 3. The van der Waals surface area contributed by atoms with Crippen LogP contribution in [0.15, 0.2) is 64.9 Å². The Morgan fingerprint density at radius 2 is 2.03 bits per heavy atom. The van der Waals surface area contributed by atoms with E-state index in [2.05, 4.69) is 4.99 Å². The van der Waals surface area contributed by atoms with Crippen molar-refractivity contribution in [3.8, 4) is 0 Å². The van der Waals surface area contributed by atoms with Gasteiger partial charge in [-0.15, -0.1) is 0 Å². The minimum atomic E-state index is -0.703. The molecule has 4 rings (SSSR count). The van der Waals surface area contributed by atoms with E-state index < -0.39 is 24.1 Å². The second-order valence-corrected chi connectivity index (χ2v) is 7.36. The minimum Gasteiger partial charge on any atom is -0.472 e. The Morgan fingerprint density at radius 3 is 2.77 bits per heavy atom. The van der Waals surface area contributed by atoms with Crippen molar-refractivity contribution in [2.75, 3.05) is 11.5 Å². The SMILES string of the molecule is CC1N=C(OCc2ccc(F)cc2F)C(Cl)=CN1c1ccc2c(ccn2C(=O)CO)c1. The lowest BCUT2D eigenvalue weighted by Gasteiger charge is -2.29. The Balaban J connectivity index is 1.53. The summed E-state index contributed by atoms with van der Waals surface area (Å²) in [5, 5.41) is 10.1. The van der Waals surface area contributed by atoms with E-state index in [1.54, 1.807) is 24.5 Å². The molecule has 0 fully saturated rings. The summed E-state index contributed by atoms with van der Waals surface area (Å²) in [6.45, 7) is 1.12. The number of nitrogens with zero attached hydrogens (tertiary/aromatic N) is 3. The predicted molar refractivity (Wildman–Crippen MR) is 114 cm³/mol. The topological polar surface area (TPSA) is 67.1 Å². The fourth-order valence-electron chi connectivity index (χ4n) is 3.34. The van der Waals surface area contributed by atoms with E-state index in [-0.39, 0.29) is 29.3 Å². The molecule has 1 aliphatic heterocycles. The lowest BCUT2D eigenvalue weighted by molar-refractivity contribution is 0.0824. The third kappa shape index (κ3) is 4.17. The summed E-state index contributed by atoms with van der Waals surface area (Å²) in [5.41, 5.74) is 1.66. The van der Waals surface area contributed by atoms with Gasteiger partial charge in [0.1, 0.15) is 36.0 Å². The van der Waals surface area contributed by atoms with E-state index in [4.69, 9.17) is 21.4 Å². The number of hydrogen-bond donors (Lipinski definition) is 1. The molecule has 31 heavy (non-hydrogen) atoms. The highest BCUT2D eigenvalue weighted by atomic mass is 35.5. The zero-order valence-corrected chi connectivity index (χ0v) is 17.2. The Bertz CT molecular complexity index is 1220. The quantitative estimate of drug-likeness (QED) is 0.646. The molecule has 0 saturated carbocycles. The highest BCUT2D eigenvalue weighted by molar-refractivity contribution is 6.42. The summed E-state index contributed by atoms with van der Waals surface area (Å²) in [7, 11) is 0. The molecule has 0 saturated heterocycles. The maximum absolute atomic E-state index is 13.8. The van der Waals surface area contributed by atoms with E-state index in [0.29, 0.717) is 5.52 Å². The highest BCUT2D eigenvalue weighted by Crippen LogP contribution is 2.29. The molecule has 2 aromatic carbocycles. The zero-order valence-electron chi connectivity index (χ0n) is 16.4. The van der Waals surface area contributed by atoms with Gasteiger partial charge in [0.2, 0.25) is 5.90 Å². The van der Waals surface area contributed by atoms with E-state index in [9.17, 15) is 13.6 Å². The van der Waals surface area contributed by atoms with Crippen molar-refractivity contribution < 1.29 is 23.4 Å². The number of aliphatic hydroxyl groups is 1. The normalized spacial score (nSPS) is 16.3. The molecule has 3 aromatic rings. The molecule has 0 radical (unpaired) electrons. The van der Waals surface area contributed by atoms with Crippen LogP contribution >= 0.6 is 11.6 Å². The first-order valence-electron chi connectivity index (χ1n) is 9.43. The molecule has 1 N–H and O–H groups in total. The van der Waals surface area contributed by atoms with Gasteiger partial charge in [0.15, 0.2) is 0 Å². The number of hydrogen-bond acceptors (Lipinski definition) is 5. The smallest absolute Gasteiger partial charge is 0.256 e. The number of benzene rings is 2. The summed E-state index contributed by atoms with van der Waals surface area (Å²) >= 11 is 6.34. The average molecular weight is 446 g/mol. The van der Waals surface area contributed by atoms with Crippen molar-refractivity contribution in [3.63, 3.8) is 0 Å². The van der Waals surface area contributed by atoms with Crippen LogP contribution in [0.2, 0.25) is 0 Å². The van der Waals surface area contributed by atoms with Crippen LogP contribution in [0.4, 0.5) is 14.5 Å². The Morgan fingerprint density at radius 1 is 1.23 bits per heavy atom. The number of ether oxygens (including phenoxy) is 1. The molecule has 0 spiro atoms. The van der Waals surface area contributed by atoms with E-state index in [1.807, 2.05) is 24.0 Å². The fraction of sp³-hybridized carbons (Fsp3) is 0.182. The number of carbonyl (C=O) groups excluding carboxylic acids is 1. The molecule has 1 aromatic heterocycles. The molecule has 0 bridgehead atoms. The standard InChI is InChI=1S/C22H18ClF2N3O3/c1-13-26-22(31-12-15-2-3-16(24)9-19(15)25)18(23)10-28(13)17-4-5-20-14(8-17)6-7-27(20)21(30)11-29/h2-10,13,29H,11-12H2,1H3. The van der Waals surface area contributed by atoms with Gasteiger partial charge in [-0.3, -0.25) is 9.36 Å². The number of aliphatic hydroxyl groups excluding tert-OH is 1. The minimum absolute atomic E-state index is 0.139. The van der Waals surface area contributed by atoms with Crippen molar-refractivity contribution >= 4 is 40.0 Å². The van der Waals surface area contributed by atoms with Gasteiger partial charge in [-0.05, 0) is 43.3 Å². The predicted octanol–water partition coefficient (Wildman–Crippen LogP) is 4.41. The van der Waals surface area contributed by atoms with Crippen LogP contribution in [0.1, 0.15) is 17.3 Å². The molecular formula is C22H18ClF2N3O3. The molecular weight excluding hydrogens is 428 g/mol. The largest absolute Gasteiger partial charge is 0.472 e. The first-order chi connectivity index (χ1) is 14.9. The van der Waals surface area contributed by atoms with Crippen molar-refractivity contribution in [1.29, 1.82) is 0 Å². The molecule has 1 unspecified atom stereocenters. The lowest BCUT2D eigenvalue weighted by atomic mass is 10.2. The fourth-order valence-corrected chi connectivity index (χ4v) is 3.55. The van der Waals surface area contributed by atoms with Gasteiger partial charge in [-0.1, -0.05) is 11.6 Å². The van der Waals surface area contributed by atoms with Crippen molar-refractivity contribution in [2.45, 2.75) is 19.7 Å². The Labute approximate surface area is 181 Å². The van der Waals surface area contributed by atoms with E-state index >= 15 is 0 Å². The van der Waals surface area contributed by atoms with Gasteiger partial charge in [-0.25, -0.2) is 13.8 Å². The molecule has 1 atom stereocenters. The first-order valence-corrected chi connectivity index (χ1v) is 9.81. The van der Waals surface area contributed by atoms with Crippen LogP contribution in [0.25, 0.3) is 10.9 Å². The van der Waals surface area contributed by atoms with Crippen molar-refractivity contribution in [2.24, 2.45) is 4.99 Å². The van der Waals surface area contributed by atoms with E-state index in [1.165, 1.54) is 10.6 Å². The van der Waals surface area contributed by atoms with Gasteiger partial charge in [0.05, 0.1) is 5.52 Å². The second kappa shape index (κ2) is 8.49. The van der Waals surface area contributed by atoms with Crippen LogP contribution in [0.3, 0.4) is 0 Å². The maximum Gasteiger partial charge on any atom is 0.256 e. The molecule has 9 heteroatoms. The number of carbonyl (C=O) groups is 1. The van der Waals surface area contributed by atoms with Gasteiger partial charge >= 0.3 is 0 Å². The van der Waals surface area contributed by atoms with Crippen LogP contribution in [-0.4, -0.2) is 34.3 Å². The third-order valence-electron chi connectivity index (χ3n) is 4.92. The summed E-state index contributed by atoms with van der Waals surface area (Å²) in [5.74, 6) is -1.62. The monoisotopic (exact) mass is 445 g/mol. The lowest BCUT2D eigenvalue weighted by Crippen LogP contribution is -2.32. The van der Waals surface area contributed by atoms with Gasteiger partial charge < -0.3 is 14.7 Å². The second-order valence-electron chi connectivity index (χ2n) is 6.96. The molecule has 1 aliphatic rings. The third-order valence-corrected chi connectivity index (χ3v) is 5.18.